The smallest absolute Gasteiger partial charge is 0.308 e. The van der Waals surface area contributed by atoms with E-state index in [4.69, 9.17) is 0 Å². The first-order chi connectivity index (χ1) is 8.65. The molecular formula is C14H16BrNO2. The highest BCUT2D eigenvalue weighted by Crippen LogP contribution is 2.42. The molecular weight excluding hydrogens is 294 g/mol. The predicted molar refractivity (Wildman–Crippen MR) is 72.2 cm³/mol. The number of benzene rings is 1. The molecule has 0 radical (unpaired) electrons. The van der Waals surface area contributed by atoms with Crippen LogP contribution in [0, 0.1) is 5.92 Å². The minimum absolute atomic E-state index is 0.157. The number of halogens is 1. The summed E-state index contributed by atoms with van der Waals surface area (Å²) >= 11 is 3.48. The minimum atomic E-state index is -0.624. The molecule has 2 fully saturated rings. The Morgan fingerprint density at radius 3 is 2.94 bits per heavy atom. The number of hydrogen-bond acceptors (Lipinski definition) is 2. The zero-order valence-electron chi connectivity index (χ0n) is 10.1. The molecule has 0 saturated carbocycles. The molecule has 4 heteroatoms. The van der Waals surface area contributed by atoms with E-state index in [1.807, 2.05) is 12.1 Å². The molecule has 3 atom stereocenters. The zero-order valence-corrected chi connectivity index (χ0v) is 11.6. The lowest BCUT2D eigenvalue weighted by atomic mass is 9.89. The highest BCUT2D eigenvalue weighted by Gasteiger charge is 2.48. The van der Waals surface area contributed by atoms with Crippen LogP contribution in [0.15, 0.2) is 28.7 Å². The van der Waals surface area contributed by atoms with Crippen LogP contribution in [0.2, 0.25) is 0 Å². The molecule has 3 unspecified atom stereocenters. The molecule has 2 aliphatic heterocycles. The van der Waals surface area contributed by atoms with Crippen LogP contribution in [0.3, 0.4) is 0 Å². The number of hydrogen-bond donors (Lipinski definition) is 1. The maximum absolute atomic E-state index is 11.2. The monoisotopic (exact) mass is 309 g/mol. The number of nitrogens with zero attached hydrogens (tertiary/aromatic N) is 1. The van der Waals surface area contributed by atoms with Gasteiger partial charge in [-0.2, -0.15) is 0 Å². The zero-order chi connectivity index (χ0) is 12.7. The van der Waals surface area contributed by atoms with Gasteiger partial charge in [-0.15, -0.1) is 0 Å². The lowest BCUT2D eigenvalue weighted by Crippen LogP contribution is -2.32. The molecule has 0 aliphatic carbocycles. The van der Waals surface area contributed by atoms with Crippen molar-refractivity contribution in [1.29, 1.82) is 0 Å². The Labute approximate surface area is 115 Å². The molecule has 3 nitrogen and oxygen atoms in total. The first-order valence-corrected chi connectivity index (χ1v) is 7.17. The summed E-state index contributed by atoms with van der Waals surface area (Å²) in [6.45, 7) is 0.874. The third-order valence-corrected chi connectivity index (χ3v) is 4.75. The fourth-order valence-corrected chi connectivity index (χ4v) is 3.91. The Morgan fingerprint density at radius 1 is 1.44 bits per heavy atom. The summed E-state index contributed by atoms with van der Waals surface area (Å²) in [6.07, 6.45) is 3.02. The molecule has 2 bridgehead atoms. The number of carboxylic acids is 1. The number of rotatable bonds is 3. The summed E-state index contributed by atoms with van der Waals surface area (Å²) < 4.78 is 1.08. The number of fused-ring (bicyclic) bond motifs is 2. The Hall–Kier alpha value is -0.870. The molecule has 3 rings (SSSR count). The summed E-state index contributed by atoms with van der Waals surface area (Å²) in [5.41, 5.74) is 1.26. The van der Waals surface area contributed by atoms with Crippen LogP contribution in [0.1, 0.15) is 24.8 Å². The molecule has 96 valence electrons. The molecule has 2 saturated heterocycles. The molecule has 0 spiro atoms. The summed E-state index contributed by atoms with van der Waals surface area (Å²) in [4.78, 5) is 13.6. The van der Waals surface area contributed by atoms with Crippen LogP contribution in [-0.2, 0) is 11.3 Å². The lowest BCUT2D eigenvalue weighted by molar-refractivity contribution is -0.142. The van der Waals surface area contributed by atoms with Crippen LogP contribution >= 0.6 is 15.9 Å². The minimum Gasteiger partial charge on any atom is -0.481 e. The summed E-state index contributed by atoms with van der Waals surface area (Å²) in [5, 5.41) is 9.23. The summed E-state index contributed by atoms with van der Waals surface area (Å²) in [7, 11) is 0. The average Bonchev–Trinajstić information content (AvgIpc) is 2.86. The van der Waals surface area contributed by atoms with Crippen molar-refractivity contribution in [2.45, 2.75) is 37.9 Å². The molecule has 18 heavy (non-hydrogen) atoms. The third kappa shape index (κ3) is 2.08. The van der Waals surface area contributed by atoms with Gasteiger partial charge in [0.05, 0.1) is 5.92 Å². The Bertz CT molecular complexity index is 477. The van der Waals surface area contributed by atoms with Gasteiger partial charge in [0, 0.05) is 23.1 Å². The molecule has 0 amide bonds. The van der Waals surface area contributed by atoms with Crippen LogP contribution in [0.25, 0.3) is 0 Å². The van der Waals surface area contributed by atoms with Gasteiger partial charge in [-0.3, -0.25) is 9.69 Å². The predicted octanol–water partition coefficient (Wildman–Crippen LogP) is 2.89. The summed E-state index contributed by atoms with van der Waals surface area (Å²) in [5.74, 6) is -0.780. The first-order valence-electron chi connectivity index (χ1n) is 6.38. The van der Waals surface area contributed by atoms with Gasteiger partial charge in [0.2, 0.25) is 0 Å². The second-order valence-electron chi connectivity index (χ2n) is 5.28. The van der Waals surface area contributed by atoms with E-state index in [2.05, 4.69) is 33.0 Å². The van der Waals surface area contributed by atoms with Crippen molar-refractivity contribution < 1.29 is 9.90 Å². The van der Waals surface area contributed by atoms with Crippen molar-refractivity contribution in [3.05, 3.63) is 34.3 Å². The highest BCUT2D eigenvalue weighted by atomic mass is 79.9. The molecule has 2 heterocycles. The highest BCUT2D eigenvalue weighted by molar-refractivity contribution is 9.10. The Morgan fingerprint density at radius 2 is 2.28 bits per heavy atom. The van der Waals surface area contributed by atoms with Crippen molar-refractivity contribution in [1.82, 2.24) is 4.90 Å². The van der Waals surface area contributed by atoms with Crippen LogP contribution in [0.5, 0.6) is 0 Å². The lowest BCUT2D eigenvalue weighted by Gasteiger charge is -2.22. The second kappa shape index (κ2) is 4.67. The van der Waals surface area contributed by atoms with Gasteiger partial charge >= 0.3 is 5.97 Å². The van der Waals surface area contributed by atoms with Gasteiger partial charge in [0.25, 0.3) is 0 Å². The van der Waals surface area contributed by atoms with E-state index in [1.54, 1.807) is 0 Å². The van der Waals surface area contributed by atoms with Crippen molar-refractivity contribution in [3.8, 4) is 0 Å². The van der Waals surface area contributed by atoms with E-state index in [1.165, 1.54) is 5.56 Å². The number of carboxylic acid groups (broad SMARTS) is 1. The maximum atomic E-state index is 11.2. The number of carbonyl (C=O) groups is 1. The van der Waals surface area contributed by atoms with E-state index in [9.17, 15) is 9.90 Å². The van der Waals surface area contributed by atoms with E-state index in [0.29, 0.717) is 6.04 Å². The fraction of sp³-hybridized carbons (Fsp3) is 0.500. The second-order valence-corrected chi connectivity index (χ2v) is 6.20. The SMILES string of the molecule is O=C(O)C1CC2CCC1N2Cc1cccc(Br)c1. The third-order valence-electron chi connectivity index (χ3n) is 4.25. The topological polar surface area (TPSA) is 40.5 Å². The van der Waals surface area contributed by atoms with Gasteiger partial charge in [-0.05, 0) is 37.0 Å². The quantitative estimate of drug-likeness (QED) is 0.933. The van der Waals surface area contributed by atoms with Crippen LogP contribution in [-0.4, -0.2) is 28.1 Å². The largest absolute Gasteiger partial charge is 0.481 e. The van der Waals surface area contributed by atoms with Gasteiger partial charge in [-0.1, -0.05) is 28.1 Å². The summed E-state index contributed by atoms with van der Waals surface area (Å²) in [6, 6.07) is 8.99. The maximum Gasteiger partial charge on any atom is 0.308 e. The Balaban J connectivity index is 1.76. The van der Waals surface area contributed by atoms with E-state index < -0.39 is 5.97 Å². The van der Waals surface area contributed by atoms with Crippen molar-refractivity contribution in [2.75, 3.05) is 0 Å². The molecule has 1 aromatic rings. The normalized spacial score (nSPS) is 30.8. The number of aliphatic carboxylic acids is 1. The molecule has 1 aromatic carbocycles. The van der Waals surface area contributed by atoms with Gasteiger partial charge in [0.15, 0.2) is 0 Å². The van der Waals surface area contributed by atoms with Gasteiger partial charge < -0.3 is 5.11 Å². The van der Waals surface area contributed by atoms with E-state index >= 15 is 0 Å². The van der Waals surface area contributed by atoms with E-state index in [-0.39, 0.29) is 12.0 Å². The Kier molecular flexibility index (Phi) is 3.16. The first kappa shape index (κ1) is 12.2. The van der Waals surface area contributed by atoms with Gasteiger partial charge in [0.1, 0.15) is 0 Å². The van der Waals surface area contributed by atoms with Crippen LogP contribution < -0.4 is 0 Å². The van der Waals surface area contributed by atoms with Crippen LogP contribution in [0.4, 0.5) is 0 Å². The molecule has 2 aliphatic rings. The standard InChI is InChI=1S/C14H16BrNO2/c15-10-3-1-2-9(6-10)8-16-11-4-5-13(16)12(7-11)14(17)18/h1-3,6,11-13H,4-5,7-8H2,(H,17,18). The average molecular weight is 310 g/mol. The molecule has 1 N–H and O–H groups in total. The van der Waals surface area contributed by atoms with Crippen molar-refractivity contribution in [2.24, 2.45) is 5.92 Å². The molecule has 0 aromatic heterocycles. The fourth-order valence-electron chi connectivity index (χ4n) is 3.46. The van der Waals surface area contributed by atoms with E-state index in [0.717, 1.165) is 30.3 Å². The van der Waals surface area contributed by atoms with Crippen molar-refractivity contribution in [3.63, 3.8) is 0 Å². The van der Waals surface area contributed by atoms with Crippen molar-refractivity contribution >= 4 is 21.9 Å². The van der Waals surface area contributed by atoms with Gasteiger partial charge in [-0.25, -0.2) is 0 Å².